The van der Waals surface area contributed by atoms with Crippen molar-refractivity contribution in [2.45, 2.75) is 45.6 Å². The molecule has 2 aliphatic rings. The van der Waals surface area contributed by atoms with Gasteiger partial charge in [0, 0.05) is 24.5 Å². The molecule has 140 valence electrons. The summed E-state index contributed by atoms with van der Waals surface area (Å²) in [7, 11) is 0. The van der Waals surface area contributed by atoms with Gasteiger partial charge in [-0.3, -0.25) is 14.5 Å². The van der Waals surface area contributed by atoms with Crippen molar-refractivity contribution >= 4 is 29.2 Å². The van der Waals surface area contributed by atoms with E-state index in [2.05, 4.69) is 21.6 Å². The fourth-order valence-corrected chi connectivity index (χ4v) is 3.50. The van der Waals surface area contributed by atoms with Crippen LogP contribution in [0.5, 0.6) is 0 Å². The van der Waals surface area contributed by atoms with E-state index in [1.807, 2.05) is 26.0 Å². The van der Waals surface area contributed by atoms with Gasteiger partial charge >= 0.3 is 6.03 Å². The summed E-state index contributed by atoms with van der Waals surface area (Å²) in [4.78, 5) is 39.8. The highest BCUT2D eigenvalue weighted by Crippen LogP contribution is 2.25. The largest absolute Gasteiger partial charge is 0.372 e. The molecule has 0 spiro atoms. The van der Waals surface area contributed by atoms with Gasteiger partial charge in [-0.05, 0) is 49.9 Å². The molecule has 3 rings (SSSR count). The Morgan fingerprint density at radius 1 is 1.27 bits per heavy atom. The molecule has 1 aromatic rings. The maximum absolute atomic E-state index is 12.3. The number of hydrogen-bond donors (Lipinski definition) is 2. The quantitative estimate of drug-likeness (QED) is 0.764. The van der Waals surface area contributed by atoms with E-state index in [0.29, 0.717) is 12.1 Å². The lowest BCUT2D eigenvalue weighted by Gasteiger charge is -2.19. The molecule has 7 nitrogen and oxygen atoms in total. The minimum atomic E-state index is -0.512. The van der Waals surface area contributed by atoms with Gasteiger partial charge in [-0.25, -0.2) is 4.79 Å². The number of amides is 4. The smallest absolute Gasteiger partial charge is 0.325 e. The highest BCUT2D eigenvalue weighted by molar-refractivity contribution is 6.08. The van der Waals surface area contributed by atoms with Gasteiger partial charge in [0.1, 0.15) is 12.6 Å². The molecule has 0 aromatic heterocycles. The topological polar surface area (TPSA) is 81.8 Å². The van der Waals surface area contributed by atoms with Crippen LogP contribution >= 0.6 is 0 Å². The van der Waals surface area contributed by atoms with Crippen molar-refractivity contribution in [2.24, 2.45) is 0 Å². The van der Waals surface area contributed by atoms with E-state index in [-0.39, 0.29) is 18.4 Å². The Labute approximate surface area is 153 Å². The molecule has 0 bridgehead atoms. The number of rotatable bonds is 6. The normalized spacial score (nSPS) is 19.8. The Morgan fingerprint density at radius 2 is 2.00 bits per heavy atom. The van der Waals surface area contributed by atoms with Crippen molar-refractivity contribution < 1.29 is 14.4 Å². The summed E-state index contributed by atoms with van der Waals surface area (Å²) in [6, 6.07) is 4.93. The number of carbonyl (C=O) groups is 3. The SMILES string of the molecule is CCC[C@@H]1NC(=O)N(CC(=O)Nc2ccc(N3CCCC3)cc2C)C1=O. The third-order valence-corrected chi connectivity index (χ3v) is 4.94. The third kappa shape index (κ3) is 3.81. The highest BCUT2D eigenvalue weighted by Gasteiger charge is 2.38. The lowest BCUT2D eigenvalue weighted by Crippen LogP contribution is -2.38. The Hall–Kier alpha value is -2.57. The van der Waals surface area contributed by atoms with Crippen LogP contribution in [0.4, 0.5) is 16.2 Å². The van der Waals surface area contributed by atoms with Gasteiger partial charge in [0.25, 0.3) is 5.91 Å². The van der Waals surface area contributed by atoms with Crippen molar-refractivity contribution in [1.29, 1.82) is 0 Å². The van der Waals surface area contributed by atoms with Crippen LogP contribution in [0.3, 0.4) is 0 Å². The van der Waals surface area contributed by atoms with E-state index in [4.69, 9.17) is 0 Å². The fourth-order valence-electron chi connectivity index (χ4n) is 3.50. The molecule has 2 heterocycles. The Morgan fingerprint density at radius 3 is 2.65 bits per heavy atom. The molecule has 2 aliphatic heterocycles. The number of carbonyl (C=O) groups excluding carboxylic acids is 3. The standard InChI is InChI=1S/C19H26N4O3/c1-3-6-16-18(25)23(19(26)21-16)12-17(24)20-15-8-7-14(11-13(15)2)22-9-4-5-10-22/h7-8,11,16H,3-6,9-10,12H2,1-2H3,(H,20,24)(H,21,26)/t16-/m0/s1. The first-order valence-electron chi connectivity index (χ1n) is 9.27. The van der Waals surface area contributed by atoms with Gasteiger partial charge in [-0.2, -0.15) is 0 Å². The minimum absolute atomic E-state index is 0.266. The van der Waals surface area contributed by atoms with E-state index >= 15 is 0 Å². The number of nitrogens with zero attached hydrogens (tertiary/aromatic N) is 2. The van der Waals surface area contributed by atoms with Gasteiger partial charge in [-0.1, -0.05) is 13.3 Å². The number of aryl methyl sites for hydroxylation is 1. The van der Waals surface area contributed by atoms with E-state index in [1.165, 1.54) is 12.8 Å². The lowest BCUT2D eigenvalue weighted by molar-refractivity contribution is -0.130. The van der Waals surface area contributed by atoms with Crippen molar-refractivity contribution in [3.63, 3.8) is 0 Å². The van der Waals surface area contributed by atoms with Gasteiger partial charge in [0.15, 0.2) is 0 Å². The van der Waals surface area contributed by atoms with Crippen LogP contribution in [-0.4, -0.2) is 48.4 Å². The number of imide groups is 1. The number of benzene rings is 1. The van der Waals surface area contributed by atoms with Crippen LogP contribution in [-0.2, 0) is 9.59 Å². The molecule has 7 heteroatoms. The van der Waals surface area contributed by atoms with Crippen LogP contribution in [0.2, 0.25) is 0 Å². The molecule has 26 heavy (non-hydrogen) atoms. The van der Waals surface area contributed by atoms with Gasteiger partial charge in [-0.15, -0.1) is 0 Å². The van der Waals surface area contributed by atoms with E-state index in [9.17, 15) is 14.4 Å². The summed E-state index contributed by atoms with van der Waals surface area (Å²) < 4.78 is 0. The molecular formula is C19H26N4O3. The van der Waals surface area contributed by atoms with Crippen molar-refractivity contribution in [2.75, 3.05) is 29.9 Å². The van der Waals surface area contributed by atoms with Crippen LogP contribution in [0, 0.1) is 6.92 Å². The first-order valence-corrected chi connectivity index (χ1v) is 9.27. The summed E-state index contributed by atoms with van der Waals surface area (Å²) >= 11 is 0. The van der Waals surface area contributed by atoms with E-state index < -0.39 is 12.1 Å². The van der Waals surface area contributed by atoms with E-state index in [0.717, 1.165) is 35.7 Å². The number of anilines is 2. The number of nitrogens with one attached hydrogen (secondary N) is 2. The predicted octanol–water partition coefficient (Wildman–Crippen LogP) is 2.25. The molecule has 0 unspecified atom stereocenters. The van der Waals surface area contributed by atoms with Crippen molar-refractivity contribution in [3.8, 4) is 0 Å². The molecular weight excluding hydrogens is 332 g/mol. The Bertz CT molecular complexity index is 713. The van der Waals surface area contributed by atoms with Gasteiger partial charge in [0.05, 0.1) is 0 Å². The summed E-state index contributed by atoms with van der Waals surface area (Å²) in [6.45, 7) is 5.76. The van der Waals surface area contributed by atoms with Crippen LogP contribution in [0.1, 0.15) is 38.2 Å². The maximum Gasteiger partial charge on any atom is 0.325 e. The van der Waals surface area contributed by atoms with Gasteiger partial charge in [0.2, 0.25) is 5.91 Å². The number of hydrogen-bond acceptors (Lipinski definition) is 4. The molecule has 0 saturated carbocycles. The molecule has 1 atom stereocenters. The molecule has 0 radical (unpaired) electrons. The molecule has 2 fully saturated rings. The first kappa shape index (κ1) is 18.2. The summed E-state index contributed by atoms with van der Waals surface area (Å²) in [5.74, 6) is -0.698. The summed E-state index contributed by atoms with van der Waals surface area (Å²) in [5.41, 5.74) is 2.83. The molecule has 1 aromatic carbocycles. The molecule has 2 N–H and O–H groups in total. The monoisotopic (exact) mass is 358 g/mol. The minimum Gasteiger partial charge on any atom is -0.372 e. The average molecular weight is 358 g/mol. The fraction of sp³-hybridized carbons (Fsp3) is 0.526. The molecule has 0 aliphatic carbocycles. The van der Waals surface area contributed by atoms with E-state index in [1.54, 1.807) is 0 Å². The second-order valence-electron chi connectivity index (χ2n) is 6.96. The van der Waals surface area contributed by atoms with Crippen LogP contribution in [0.25, 0.3) is 0 Å². The zero-order valence-corrected chi connectivity index (χ0v) is 15.4. The second kappa shape index (κ2) is 7.76. The van der Waals surface area contributed by atoms with Crippen LogP contribution in [0.15, 0.2) is 18.2 Å². The average Bonchev–Trinajstić information content (AvgIpc) is 3.22. The Kier molecular flexibility index (Phi) is 5.44. The Balaban J connectivity index is 1.61. The summed E-state index contributed by atoms with van der Waals surface area (Å²) in [5, 5.41) is 5.44. The third-order valence-electron chi connectivity index (χ3n) is 4.94. The van der Waals surface area contributed by atoms with Crippen molar-refractivity contribution in [3.05, 3.63) is 23.8 Å². The lowest BCUT2D eigenvalue weighted by atomic mass is 10.1. The molecule has 2 saturated heterocycles. The zero-order valence-electron chi connectivity index (χ0n) is 15.4. The number of urea groups is 1. The highest BCUT2D eigenvalue weighted by atomic mass is 16.2. The predicted molar refractivity (Wildman–Crippen MR) is 100 cm³/mol. The molecule has 4 amide bonds. The second-order valence-corrected chi connectivity index (χ2v) is 6.96. The van der Waals surface area contributed by atoms with Gasteiger partial charge < -0.3 is 15.5 Å². The first-order chi connectivity index (χ1) is 12.5. The summed E-state index contributed by atoms with van der Waals surface area (Å²) in [6.07, 6.45) is 3.80. The maximum atomic E-state index is 12.3. The van der Waals surface area contributed by atoms with Crippen molar-refractivity contribution in [1.82, 2.24) is 10.2 Å². The van der Waals surface area contributed by atoms with Crippen LogP contribution < -0.4 is 15.5 Å². The zero-order chi connectivity index (χ0) is 18.7.